The Morgan fingerprint density at radius 2 is 2.11 bits per heavy atom. The van der Waals surface area contributed by atoms with Gasteiger partial charge in [-0.1, -0.05) is 6.42 Å². The molecule has 2 aliphatic rings. The minimum absolute atomic E-state index is 0.259. The number of hydrogen-bond acceptors (Lipinski definition) is 3. The predicted molar refractivity (Wildman–Crippen MR) is 68.9 cm³/mol. The molecule has 6 heteroatoms. The van der Waals surface area contributed by atoms with Crippen molar-refractivity contribution in [3.05, 3.63) is 0 Å². The molecule has 0 radical (unpaired) electrons. The van der Waals surface area contributed by atoms with Gasteiger partial charge in [0, 0.05) is 12.6 Å². The van der Waals surface area contributed by atoms with Crippen molar-refractivity contribution in [2.45, 2.75) is 50.6 Å². The molecular formula is C13H22N2O4. The van der Waals surface area contributed by atoms with Crippen LogP contribution in [0.25, 0.3) is 0 Å². The number of nitrogens with one attached hydrogen (secondary N) is 2. The molecule has 2 rings (SSSR count). The number of ether oxygens (including phenoxy) is 1. The summed E-state index contributed by atoms with van der Waals surface area (Å²) in [5.74, 6) is -1.28. The molecule has 6 nitrogen and oxygen atoms in total. The molecule has 19 heavy (non-hydrogen) atoms. The third kappa shape index (κ3) is 3.59. The van der Waals surface area contributed by atoms with Crippen LogP contribution in [0.1, 0.15) is 39.0 Å². The van der Waals surface area contributed by atoms with Crippen molar-refractivity contribution >= 4 is 12.0 Å². The zero-order valence-corrected chi connectivity index (χ0v) is 11.3. The number of carboxylic acids is 1. The lowest BCUT2D eigenvalue weighted by Gasteiger charge is -2.34. The molecule has 108 valence electrons. The second kappa shape index (κ2) is 5.77. The van der Waals surface area contributed by atoms with Gasteiger partial charge in [0.1, 0.15) is 0 Å². The number of urea groups is 1. The summed E-state index contributed by atoms with van der Waals surface area (Å²) in [5.41, 5.74) is -0.348. The molecule has 2 fully saturated rings. The number of carboxylic acid groups (broad SMARTS) is 1. The molecule has 0 spiro atoms. The van der Waals surface area contributed by atoms with Crippen LogP contribution in [-0.4, -0.2) is 41.9 Å². The SMILES string of the molecule is CC1(NC(=O)NC2CCCC2C(=O)O)CCCOC1. The summed E-state index contributed by atoms with van der Waals surface area (Å²) in [7, 11) is 0. The maximum atomic E-state index is 12.0. The first kappa shape index (κ1) is 14.1. The first-order valence-corrected chi connectivity index (χ1v) is 6.89. The van der Waals surface area contributed by atoms with Crippen molar-refractivity contribution in [2.75, 3.05) is 13.2 Å². The van der Waals surface area contributed by atoms with E-state index in [2.05, 4.69) is 10.6 Å². The molecule has 3 unspecified atom stereocenters. The fraction of sp³-hybridized carbons (Fsp3) is 0.846. The first-order chi connectivity index (χ1) is 9.00. The Labute approximate surface area is 112 Å². The van der Waals surface area contributed by atoms with Crippen LogP contribution < -0.4 is 10.6 Å². The first-order valence-electron chi connectivity index (χ1n) is 6.89. The maximum Gasteiger partial charge on any atom is 0.315 e. The Kier molecular flexibility index (Phi) is 4.29. The summed E-state index contributed by atoms with van der Waals surface area (Å²) in [6.45, 7) is 3.20. The molecule has 2 amide bonds. The van der Waals surface area contributed by atoms with E-state index in [1.807, 2.05) is 6.92 Å². The van der Waals surface area contributed by atoms with Gasteiger partial charge in [-0.2, -0.15) is 0 Å². The van der Waals surface area contributed by atoms with Gasteiger partial charge in [-0.25, -0.2) is 4.79 Å². The van der Waals surface area contributed by atoms with Gasteiger partial charge < -0.3 is 20.5 Å². The molecule has 3 atom stereocenters. The average molecular weight is 270 g/mol. The monoisotopic (exact) mass is 270 g/mol. The highest BCUT2D eigenvalue weighted by molar-refractivity contribution is 5.77. The summed E-state index contributed by atoms with van der Waals surface area (Å²) in [4.78, 5) is 23.0. The molecule has 0 aromatic carbocycles. The van der Waals surface area contributed by atoms with Crippen LogP contribution in [0, 0.1) is 5.92 Å². The Morgan fingerprint density at radius 3 is 2.74 bits per heavy atom. The second-order valence-corrected chi connectivity index (χ2v) is 5.80. The summed E-state index contributed by atoms with van der Waals surface area (Å²) in [5, 5.41) is 14.8. The van der Waals surface area contributed by atoms with Crippen molar-refractivity contribution in [3.8, 4) is 0 Å². The standard InChI is InChI=1S/C13H22N2O4/c1-13(6-3-7-19-8-13)15-12(18)14-10-5-2-4-9(10)11(16)17/h9-10H,2-8H2,1H3,(H,16,17)(H2,14,15,18). The van der Waals surface area contributed by atoms with Crippen LogP contribution in [0.2, 0.25) is 0 Å². The van der Waals surface area contributed by atoms with E-state index in [1.54, 1.807) is 0 Å². The summed E-state index contributed by atoms with van der Waals surface area (Å²) in [6, 6.07) is -0.545. The normalized spacial score (nSPS) is 34.8. The lowest BCUT2D eigenvalue weighted by Crippen LogP contribution is -2.56. The van der Waals surface area contributed by atoms with Gasteiger partial charge in [0.25, 0.3) is 0 Å². The Morgan fingerprint density at radius 1 is 1.32 bits per heavy atom. The van der Waals surface area contributed by atoms with E-state index in [4.69, 9.17) is 9.84 Å². The van der Waals surface area contributed by atoms with Gasteiger partial charge in [0.05, 0.1) is 18.1 Å². The largest absolute Gasteiger partial charge is 0.481 e. The topological polar surface area (TPSA) is 87.7 Å². The quantitative estimate of drug-likeness (QED) is 0.717. The van der Waals surface area contributed by atoms with Gasteiger partial charge in [0.15, 0.2) is 0 Å². The highest BCUT2D eigenvalue weighted by Crippen LogP contribution is 2.26. The van der Waals surface area contributed by atoms with Crippen LogP contribution in [-0.2, 0) is 9.53 Å². The summed E-state index contributed by atoms with van der Waals surface area (Å²) >= 11 is 0. The van der Waals surface area contributed by atoms with Gasteiger partial charge in [0.2, 0.25) is 0 Å². The van der Waals surface area contributed by atoms with Gasteiger partial charge in [-0.05, 0) is 32.6 Å². The number of aliphatic carboxylic acids is 1. The van der Waals surface area contributed by atoms with Crippen molar-refractivity contribution < 1.29 is 19.4 Å². The molecule has 1 heterocycles. The van der Waals surface area contributed by atoms with E-state index in [1.165, 1.54) is 0 Å². The minimum Gasteiger partial charge on any atom is -0.481 e. The van der Waals surface area contributed by atoms with Crippen molar-refractivity contribution in [3.63, 3.8) is 0 Å². The fourth-order valence-electron chi connectivity index (χ4n) is 2.94. The van der Waals surface area contributed by atoms with Crippen molar-refractivity contribution in [1.82, 2.24) is 10.6 Å². The zero-order valence-electron chi connectivity index (χ0n) is 11.3. The third-order valence-electron chi connectivity index (χ3n) is 4.00. The predicted octanol–water partition coefficient (Wildman–Crippen LogP) is 1.11. The van der Waals surface area contributed by atoms with Crippen LogP contribution in [0.15, 0.2) is 0 Å². The van der Waals surface area contributed by atoms with Gasteiger partial charge in [-0.15, -0.1) is 0 Å². The second-order valence-electron chi connectivity index (χ2n) is 5.80. The average Bonchev–Trinajstić information content (AvgIpc) is 2.77. The molecular weight excluding hydrogens is 248 g/mol. The van der Waals surface area contributed by atoms with Crippen LogP contribution in [0.4, 0.5) is 4.79 Å². The fourth-order valence-corrected chi connectivity index (χ4v) is 2.94. The summed E-state index contributed by atoms with van der Waals surface area (Å²) < 4.78 is 5.38. The Hall–Kier alpha value is -1.30. The number of carbonyl (C=O) groups excluding carboxylic acids is 1. The van der Waals surface area contributed by atoms with Crippen LogP contribution in [0.3, 0.4) is 0 Å². The van der Waals surface area contributed by atoms with E-state index in [9.17, 15) is 9.59 Å². The minimum atomic E-state index is -0.824. The van der Waals surface area contributed by atoms with Crippen LogP contribution >= 0.6 is 0 Å². The smallest absolute Gasteiger partial charge is 0.315 e. The van der Waals surface area contributed by atoms with E-state index < -0.39 is 11.9 Å². The molecule has 1 aliphatic carbocycles. The van der Waals surface area contributed by atoms with Gasteiger partial charge in [-0.3, -0.25) is 4.79 Å². The van der Waals surface area contributed by atoms with E-state index in [-0.39, 0.29) is 17.6 Å². The highest BCUT2D eigenvalue weighted by Gasteiger charge is 2.35. The number of rotatable bonds is 3. The van der Waals surface area contributed by atoms with Gasteiger partial charge >= 0.3 is 12.0 Å². The highest BCUT2D eigenvalue weighted by atomic mass is 16.5. The molecule has 1 saturated heterocycles. The summed E-state index contributed by atoms with van der Waals surface area (Å²) in [6.07, 6.45) is 4.03. The van der Waals surface area contributed by atoms with E-state index >= 15 is 0 Å². The molecule has 3 N–H and O–H groups in total. The van der Waals surface area contributed by atoms with Crippen molar-refractivity contribution in [1.29, 1.82) is 0 Å². The molecule has 0 aromatic rings. The molecule has 1 saturated carbocycles. The zero-order chi connectivity index (χ0) is 13.9. The molecule has 0 bridgehead atoms. The molecule has 1 aliphatic heterocycles. The third-order valence-corrected chi connectivity index (χ3v) is 4.00. The van der Waals surface area contributed by atoms with E-state index in [0.29, 0.717) is 13.0 Å². The van der Waals surface area contributed by atoms with E-state index in [0.717, 1.165) is 32.3 Å². The number of hydrogen-bond donors (Lipinski definition) is 3. The number of carbonyl (C=O) groups is 2. The molecule has 0 aromatic heterocycles. The number of amides is 2. The lowest BCUT2D eigenvalue weighted by atomic mass is 9.95. The maximum absolute atomic E-state index is 12.0. The van der Waals surface area contributed by atoms with Crippen LogP contribution in [0.5, 0.6) is 0 Å². The Bertz CT molecular complexity index is 353. The Balaban J connectivity index is 1.85. The van der Waals surface area contributed by atoms with Crippen molar-refractivity contribution in [2.24, 2.45) is 5.92 Å². The lowest BCUT2D eigenvalue weighted by molar-refractivity contribution is -0.142.